The average molecular weight is 454 g/mol. The van der Waals surface area contributed by atoms with Gasteiger partial charge in [-0.05, 0) is 60.7 Å². The number of carbonyl (C=O) groups excluding carboxylic acids is 1. The number of amides is 1. The molecule has 7 heteroatoms. The van der Waals surface area contributed by atoms with Crippen molar-refractivity contribution in [2.24, 2.45) is 0 Å². The van der Waals surface area contributed by atoms with Crippen LogP contribution in [-0.4, -0.2) is 48.6 Å². The van der Waals surface area contributed by atoms with Crippen molar-refractivity contribution in [1.29, 1.82) is 0 Å². The minimum Gasteiger partial charge on any atom is -0.379 e. The van der Waals surface area contributed by atoms with E-state index in [2.05, 4.69) is 64.8 Å². The monoisotopic (exact) mass is 453 g/mol. The third kappa shape index (κ3) is 5.54. The van der Waals surface area contributed by atoms with E-state index in [0.29, 0.717) is 12.1 Å². The standard InChI is InChI=1S/C24H27N3O2S2/c1-17-7-8-19(15-18(17)2)31-24-20(5-3-9-25-24)23(28)26-16-21(22-6-4-14-30-22)27-10-12-29-13-11-27/h3-9,14-15,21H,10-13,16H2,1-2H3,(H,26,28)/t21-/m0/s1. The summed E-state index contributed by atoms with van der Waals surface area (Å²) in [6, 6.07) is 14.3. The first kappa shape index (κ1) is 22.0. The summed E-state index contributed by atoms with van der Waals surface area (Å²) in [6.45, 7) is 7.97. The van der Waals surface area contributed by atoms with Crippen LogP contribution in [-0.2, 0) is 4.74 Å². The molecule has 1 aromatic carbocycles. The number of nitrogens with one attached hydrogen (secondary N) is 1. The van der Waals surface area contributed by atoms with E-state index in [1.54, 1.807) is 17.5 Å². The van der Waals surface area contributed by atoms with Crippen LogP contribution in [0.5, 0.6) is 0 Å². The van der Waals surface area contributed by atoms with E-state index in [9.17, 15) is 4.79 Å². The first-order valence-corrected chi connectivity index (χ1v) is 12.1. The number of morpholine rings is 1. The molecular formula is C24H27N3O2S2. The summed E-state index contributed by atoms with van der Waals surface area (Å²) in [4.78, 5) is 22.4. The van der Waals surface area contributed by atoms with E-state index in [1.165, 1.54) is 27.8 Å². The summed E-state index contributed by atoms with van der Waals surface area (Å²) in [5, 5.41) is 5.97. The molecule has 1 aliphatic rings. The minimum absolute atomic E-state index is 0.0887. The number of carbonyl (C=O) groups is 1. The zero-order valence-corrected chi connectivity index (χ0v) is 19.5. The van der Waals surface area contributed by atoms with E-state index in [0.717, 1.165) is 36.2 Å². The van der Waals surface area contributed by atoms with Crippen LogP contribution in [0.4, 0.5) is 0 Å². The van der Waals surface area contributed by atoms with Crippen LogP contribution in [0.2, 0.25) is 0 Å². The molecule has 0 unspecified atom stereocenters. The summed E-state index contributed by atoms with van der Waals surface area (Å²) in [5.74, 6) is -0.0887. The lowest BCUT2D eigenvalue weighted by Gasteiger charge is -2.34. The van der Waals surface area contributed by atoms with Crippen LogP contribution < -0.4 is 5.32 Å². The number of ether oxygens (including phenoxy) is 1. The largest absolute Gasteiger partial charge is 0.379 e. The molecule has 1 amide bonds. The zero-order chi connectivity index (χ0) is 21.6. The molecule has 1 aliphatic heterocycles. The topological polar surface area (TPSA) is 54.5 Å². The number of benzene rings is 1. The van der Waals surface area contributed by atoms with Crippen molar-refractivity contribution in [3.63, 3.8) is 0 Å². The van der Waals surface area contributed by atoms with E-state index < -0.39 is 0 Å². The van der Waals surface area contributed by atoms with Crippen LogP contribution >= 0.6 is 23.1 Å². The Balaban J connectivity index is 1.48. The number of aromatic nitrogens is 1. The van der Waals surface area contributed by atoms with Crippen molar-refractivity contribution in [2.75, 3.05) is 32.8 Å². The molecule has 1 saturated heterocycles. The molecule has 4 rings (SSSR count). The quantitative estimate of drug-likeness (QED) is 0.561. The van der Waals surface area contributed by atoms with Crippen molar-refractivity contribution in [3.8, 4) is 0 Å². The molecule has 0 aliphatic carbocycles. The van der Waals surface area contributed by atoms with Crippen molar-refractivity contribution >= 4 is 29.0 Å². The van der Waals surface area contributed by atoms with Crippen LogP contribution in [0, 0.1) is 13.8 Å². The van der Waals surface area contributed by atoms with Gasteiger partial charge in [-0.1, -0.05) is 23.9 Å². The van der Waals surface area contributed by atoms with Crippen molar-refractivity contribution in [3.05, 3.63) is 75.6 Å². The minimum atomic E-state index is -0.0887. The Morgan fingerprint density at radius 1 is 1.19 bits per heavy atom. The van der Waals surface area contributed by atoms with Gasteiger partial charge < -0.3 is 10.1 Å². The molecule has 0 spiro atoms. The van der Waals surface area contributed by atoms with E-state index in [4.69, 9.17) is 4.74 Å². The molecule has 0 radical (unpaired) electrons. The molecule has 31 heavy (non-hydrogen) atoms. The van der Waals surface area contributed by atoms with Gasteiger partial charge in [0.2, 0.25) is 0 Å². The van der Waals surface area contributed by atoms with Gasteiger partial charge in [-0.2, -0.15) is 0 Å². The molecule has 3 aromatic rings. The smallest absolute Gasteiger partial charge is 0.254 e. The molecule has 3 heterocycles. The highest BCUT2D eigenvalue weighted by Gasteiger charge is 2.24. The van der Waals surface area contributed by atoms with E-state index >= 15 is 0 Å². The molecule has 162 valence electrons. The van der Waals surface area contributed by atoms with Gasteiger partial charge >= 0.3 is 0 Å². The zero-order valence-electron chi connectivity index (χ0n) is 17.8. The Hall–Kier alpha value is -2.19. The maximum absolute atomic E-state index is 13.1. The fourth-order valence-corrected chi connectivity index (χ4v) is 5.44. The normalized spacial score (nSPS) is 15.5. The summed E-state index contributed by atoms with van der Waals surface area (Å²) in [5.41, 5.74) is 3.10. The highest BCUT2D eigenvalue weighted by molar-refractivity contribution is 7.99. The molecule has 1 fully saturated rings. The number of hydrogen-bond donors (Lipinski definition) is 1. The van der Waals surface area contributed by atoms with Crippen LogP contribution in [0.3, 0.4) is 0 Å². The number of pyridine rings is 1. The summed E-state index contributed by atoms with van der Waals surface area (Å²) >= 11 is 3.26. The molecule has 0 bridgehead atoms. The van der Waals surface area contributed by atoms with E-state index in [-0.39, 0.29) is 11.9 Å². The fourth-order valence-electron chi connectivity index (χ4n) is 3.60. The number of rotatable bonds is 7. The third-order valence-corrected chi connectivity index (χ3v) is 7.50. The number of thiophene rings is 1. The predicted molar refractivity (Wildman–Crippen MR) is 126 cm³/mol. The van der Waals surface area contributed by atoms with Gasteiger partial charge in [-0.25, -0.2) is 4.98 Å². The highest BCUT2D eigenvalue weighted by atomic mass is 32.2. The second kappa shape index (κ2) is 10.4. The van der Waals surface area contributed by atoms with Gasteiger partial charge in [0.15, 0.2) is 0 Å². The Labute approximate surface area is 191 Å². The molecular weight excluding hydrogens is 426 g/mol. The molecule has 0 saturated carbocycles. The molecule has 1 N–H and O–H groups in total. The van der Waals surface area contributed by atoms with Crippen molar-refractivity contribution in [2.45, 2.75) is 29.8 Å². The lowest BCUT2D eigenvalue weighted by molar-refractivity contribution is 0.0169. The second-order valence-corrected chi connectivity index (χ2v) is 9.64. The number of hydrogen-bond acceptors (Lipinski definition) is 6. The SMILES string of the molecule is Cc1ccc(Sc2ncccc2C(=O)NC[C@@H](c2cccs2)N2CCOCC2)cc1C. The Morgan fingerprint density at radius 2 is 2.03 bits per heavy atom. The fraction of sp³-hybridized carbons (Fsp3) is 0.333. The highest BCUT2D eigenvalue weighted by Crippen LogP contribution is 2.30. The Kier molecular flexibility index (Phi) is 7.40. The summed E-state index contributed by atoms with van der Waals surface area (Å²) < 4.78 is 5.51. The van der Waals surface area contributed by atoms with Gasteiger partial charge in [0.25, 0.3) is 5.91 Å². The molecule has 2 aromatic heterocycles. The lowest BCUT2D eigenvalue weighted by atomic mass is 10.1. The number of aryl methyl sites for hydroxylation is 2. The lowest BCUT2D eigenvalue weighted by Crippen LogP contribution is -2.43. The van der Waals surface area contributed by atoms with Gasteiger partial charge in [0, 0.05) is 35.6 Å². The van der Waals surface area contributed by atoms with Crippen LogP contribution in [0.15, 0.2) is 64.0 Å². The summed E-state index contributed by atoms with van der Waals surface area (Å²) in [7, 11) is 0. The Bertz CT molecular complexity index is 1020. The molecule has 1 atom stereocenters. The average Bonchev–Trinajstić information content (AvgIpc) is 3.32. The third-order valence-electron chi connectivity index (χ3n) is 5.52. The second-order valence-electron chi connectivity index (χ2n) is 7.59. The van der Waals surface area contributed by atoms with Gasteiger partial charge in [0.1, 0.15) is 5.03 Å². The van der Waals surface area contributed by atoms with E-state index in [1.807, 2.05) is 12.1 Å². The van der Waals surface area contributed by atoms with Crippen LogP contribution in [0.25, 0.3) is 0 Å². The maximum Gasteiger partial charge on any atom is 0.254 e. The van der Waals surface area contributed by atoms with Gasteiger partial charge in [-0.3, -0.25) is 9.69 Å². The van der Waals surface area contributed by atoms with Gasteiger partial charge in [-0.15, -0.1) is 11.3 Å². The van der Waals surface area contributed by atoms with Crippen molar-refractivity contribution < 1.29 is 9.53 Å². The first-order chi connectivity index (χ1) is 15.1. The number of nitrogens with zero attached hydrogens (tertiary/aromatic N) is 2. The summed E-state index contributed by atoms with van der Waals surface area (Å²) in [6.07, 6.45) is 1.74. The maximum atomic E-state index is 13.1. The molecule has 5 nitrogen and oxygen atoms in total. The van der Waals surface area contributed by atoms with Gasteiger partial charge in [0.05, 0.1) is 24.8 Å². The Morgan fingerprint density at radius 3 is 2.77 bits per heavy atom. The first-order valence-electron chi connectivity index (χ1n) is 10.5. The van der Waals surface area contributed by atoms with Crippen molar-refractivity contribution in [1.82, 2.24) is 15.2 Å². The predicted octanol–water partition coefficient (Wildman–Crippen LogP) is 4.71. The van der Waals surface area contributed by atoms with Crippen LogP contribution in [0.1, 0.15) is 32.4 Å².